The zero-order chi connectivity index (χ0) is 18.9. The van der Waals surface area contributed by atoms with Crippen molar-refractivity contribution in [1.82, 2.24) is 9.55 Å². The van der Waals surface area contributed by atoms with Gasteiger partial charge in [-0.15, -0.1) is 0 Å². The van der Waals surface area contributed by atoms with Crippen molar-refractivity contribution in [3.8, 4) is 0 Å². The molecule has 0 aliphatic carbocycles. The highest BCUT2D eigenvalue weighted by Gasteiger charge is 2.45. The van der Waals surface area contributed by atoms with Gasteiger partial charge >= 0.3 is 11.8 Å². The zero-order valence-electron chi connectivity index (χ0n) is 12.4. The number of aliphatic hydroxyl groups excluding tert-OH is 2. The number of aliphatic hydroxyl groups is 2. The van der Waals surface area contributed by atoms with E-state index in [2.05, 4.69) is 4.52 Å². The second-order valence-electron chi connectivity index (χ2n) is 5.22. The Hall–Kier alpha value is -1.20. The van der Waals surface area contributed by atoms with Crippen molar-refractivity contribution in [3.05, 3.63) is 32.6 Å². The fraction of sp³-hybridized carbons (Fsp3) is 0.545. The fourth-order valence-corrected chi connectivity index (χ4v) is 2.95. The lowest BCUT2D eigenvalue weighted by Gasteiger charge is -2.17. The lowest BCUT2D eigenvalue weighted by Crippen LogP contribution is -2.39. The Kier molecular flexibility index (Phi) is 6.10. The van der Waals surface area contributed by atoms with Crippen LogP contribution in [0.25, 0.3) is 0 Å². The summed E-state index contributed by atoms with van der Waals surface area (Å²) in [6.45, 7) is -0.523. The molecule has 5 N–H and O–H groups in total. The first-order chi connectivity index (χ1) is 11.5. The van der Waals surface area contributed by atoms with Gasteiger partial charge in [0.25, 0.3) is 5.56 Å². The Morgan fingerprint density at radius 1 is 1.40 bits per heavy atom. The molecule has 0 aromatic carbocycles. The summed E-state index contributed by atoms with van der Waals surface area (Å²) in [6.07, 6.45) is -9.09. The van der Waals surface area contributed by atoms with Crippen LogP contribution in [0.3, 0.4) is 0 Å². The molecule has 14 heteroatoms. The number of nitrogens with two attached hydrogens (primary N) is 1. The summed E-state index contributed by atoms with van der Waals surface area (Å²) in [5.41, 5.74) is 3.11. The van der Waals surface area contributed by atoms with E-state index in [0.29, 0.717) is 0 Å². The Balaban J connectivity index is 2.29. The quantitative estimate of drug-likeness (QED) is 0.416. The predicted octanol–water partition coefficient (Wildman–Crippen LogP) is -1.21. The molecule has 11 nitrogen and oxygen atoms in total. The third-order valence-corrected chi connectivity index (χ3v) is 4.44. The highest BCUT2D eigenvalue weighted by molar-refractivity contribution is 8.05. The molecule has 1 unspecified atom stereocenters. The number of aromatic nitrogens is 2. The maximum Gasteiger partial charge on any atom is 0.380 e. The molecule has 1 saturated heterocycles. The smallest absolute Gasteiger partial charge is 0.380 e. The zero-order valence-corrected chi connectivity index (χ0v) is 14.8. The van der Waals surface area contributed by atoms with Gasteiger partial charge in [-0.1, -0.05) is 0 Å². The first-order valence-corrected chi connectivity index (χ1v) is 10.2. The van der Waals surface area contributed by atoms with E-state index in [-0.39, 0.29) is 5.56 Å². The van der Waals surface area contributed by atoms with E-state index >= 15 is 0 Å². The molecule has 2 rings (SSSR count). The number of carbonyl (C=O) groups excluding carboxylic acids is 1. The molecule has 2 heterocycles. The van der Waals surface area contributed by atoms with Crippen molar-refractivity contribution >= 4 is 34.5 Å². The molecule has 4 atom stereocenters. The Labute approximate surface area is 149 Å². The molecule has 1 fully saturated rings. The maximum absolute atomic E-state index is 11.9. The summed E-state index contributed by atoms with van der Waals surface area (Å²) < 4.78 is 21.8. The van der Waals surface area contributed by atoms with Crippen molar-refractivity contribution in [3.63, 3.8) is 0 Å². The Bertz CT molecular complexity index is 820. The first-order valence-electron chi connectivity index (χ1n) is 6.77. The largest absolute Gasteiger partial charge is 0.387 e. The maximum atomic E-state index is 11.9. The molecule has 1 aliphatic rings. The third-order valence-electron chi connectivity index (χ3n) is 3.41. The van der Waals surface area contributed by atoms with Gasteiger partial charge < -0.3 is 25.2 Å². The standard InChI is InChI=1S/C11H14Cl2N3O8P/c12-25(13,22)23-3-5-7(18)8(19)10(24-5)16-2-4(1-6(14)17)9(20)15-11(16)21/h2,5,7-8,10,18-19H,1,3H2,(H2,14,17)(H,15,20,21)/t5-,7?,8+,10-/m1/s1. The predicted molar refractivity (Wildman–Crippen MR) is 85.4 cm³/mol. The number of nitrogens with one attached hydrogen (secondary N) is 1. The molecule has 1 amide bonds. The summed E-state index contributed by atoms with van der Waals surface area (Å²) in [5, 5.41) is 20.0. The SMILES string of the molecule is NC(=O)Cc1cn([C@@H]2O[C@H](COP(=O)(Cl)Cl)C(O)[C@@H]2O)c(=O)[nH]c1=O. The van der Waals surface area contributed by atoms with E-state index in [4.69, 9.17) is 33.0 Å². The van der Waals surface area contributed by atoms with Crippen LogP contribution < -0.4 is 17.0 Å². The van der Waals surface area contributed by atoms with E-state index < -0.39 is 60.8 Å². The minimum absolute atomic E-state index is 0.136. The van der Waals surface area contributed by atoms with E-state index in [9.17, 15) is 29.2 Å². The average Bonchev–Trinajstić information content (AvgIpc) is 2.75. The number of halogens is 2. The van der Waals surface area contributed by atoms with Crippen molar-refractivity contribution < 1.29 is 28.8 Å². The van der Waals surface area contributed by atoms with Gasteiger partial charge in [0.05, 0.1) is 13.0 Å². The summed E-state index contributed by atoms with van der Waals surface area (Å²) in [7, 11) is 0. The van der Waals surface area contributed by atoms with Gasteiger partial charge in [-0.3, -0.25) is 23.7 Å². The van der Waals surface area contributed by atoms with Gasteiger partial charge in [0.2, 0.25) is 5.91 Å². The number of rotatable bonds is 6. The number of hydrogen-bond acceptors (Lipinski definition) is 8. The molecule has 140 valence electrons. The van der Waals surface area contributed by atoms with Gasteiger partial charge in [-0.2, -0.15) is 0 Å². The number of carbonyl (C=O) groups is 1. The van der Waals surface area contributed by atoms with Crippen LogP contribution in [0, 0.1) is 0 Å². The van der Waals surface area contributed by atoms with E-state index in [1.165, 1.54) is 0 Å². The molecule has 0 spiro atoms. The van der Waals surface area contributed by atoms with Crippen LogP contribution in [-0.2, 0) is 25.0 Å². The van der Waals surface area contributed by atoms with E-state index in [1.54, 1.807) is 0 Å². The average molecular weight is 418 g/mol. The van der Waals surface area contributed by atoms with E-state index in [0.717, 1.165) is 10.8 Å². The molecule has 0 saturated carbocycles. The summed E-state index contributed by atoms with van der Waals surface area (Å²) in [6, 6.07) is 0. The van der Waals surface area contributed by atoms with Crippen molar-refractivity contribution in [2.75, 3.05) is 6.61 Å². The summed E-state index contributed by atoms with van der Waals surface area (Å²) >= 11 is 10.4. The van der Waals surface area contributed by atoms with Gasteiger partial charge in [-0.25, -0.2) is 4.79 Å². The van der Waals surface area contributed by atoms with Crippen LogP contribution >= 0.6 is 28.6 Å². The number of ether oxygens (including phenoxy) is 1. The van der Waals surface area contributed by atoms with Gasteiger partial charge in [-0.05, 0) is 22.5 Å². The number of primary amides is 1. The van der Waals surface area contributed by atoms with Crippen molar-refractivity contribution in [2.45, 2.75) is 31.0 Å². The van der Waals surface area contributed by atoms with Gasteiger partial charge in [0.1, 0.15) is 18.3 Å². The molecule has 25 heavy (non-hydrogen) atoms. The minimum Gasteiger partial charge on any atom is -0.387 e. The second kappa shape index (κ2) is 7.58. The topological polar surface area (TPSA) is 174 Å². The van der Waals surface area contributed by atoms with Crippen LogP contribution in [0.2, 0.25) is 0 Å². The van der Waals surface area contributed by atoms with Crippen LogP contribution in [0.5, 0.6) is 0 Å². The molecule has 1 aromatic rings. The van der Waals surface area contributed by atoms with Crippen LogP contribution in [0.15, 0.2) is 15.8 Å². The fourth-order valence-electron chi connectivity index (χ4n) is 2.29. The highest BCUT2D eigenvalue weighted by atomic mass is 35.9. The Morgan fingerprint density at radius 2 is 2.04 bits per heavy atom. The monoisotopic (exact) mass is 417 g/mol. The third kappa shape index (κ3) is 4.91. The number of hydrogen-bond donors (Lipinski definition) is 4. The molecular weight excluding hydrogens is 404 g/mol. The lowest BCUT2D eigenvalue weighted by atomic mass is 10.1. The Morgan fingerprint density at radius 3 is 2.60 bits per heavy atom. The molecule has 1 aliphatic heterocycles. The highest BCUT2D eigenvalue weighted by Crippen LogP contribution is 2.57. The van der Waals surface area contributed by atoms with Gasteiger partial charge in [0.15, 0.2) is 6.23 Å². The summed E-state index contributed by atoms with van der Waals surface area (Å²) in [5.74, 6) is -0.810. The molecule has 1 aromatic heterocycles. The van der Waals surface area contributed by atoms with Crippen molar-refractivity contribution in [1.29, 1.82) is 0 Å². The van der Waals surface area contributed by atoms with Crippen LogP contribution in [-0.4, -0.2) is 50.6 Å². The molecular formula is C11H14Cl2N3O8P. The number of amides is 1. The van der Waals surface area contributed by atoms with Crippen LogP contribution in [0.1, 0.15) is 11.8 Å². The normalized spacial score (nSPS) is 26.7. The van der Waals surface area contributed by atoms with Crippen molar-refractivity contribution in [2.24, 2.45) is 5.73 Å². The van der Waals surface area contributed by atoms with Crippen LogP contribution in [0.4, 0.5) is 0 Å². The minimum atomic E-state index is -3.89. The number of aromatic amines is 1. The number of H-pyrrole nitrogens is 1. The lowest BCUT2D eigenvalue weighted by molar-refractivity contribution is -0.117. The number of nitrogens with zero attached hydrogens (tertiary/aromatic N) is 1. The first kappa shape index (κ1) is 20.1. The molecule has 0 bridgehead atoms. The summed E-state index contributed by atoms with van der Waals surface area (Å²) in [4.78, 5) is 36.5. The second-order valence-corrected chi connectivity index (χ2v) is 9.50. The van der Waals surface area contributed by atoms with Gasteiger partial charge in [0, 0.05) is 11.8 Å². The molecule has 0 radical (unpaired) electrons. The van der Waals surface area contributed by atoms with E-state index in [1.807, 2.05) is 4.98 Å².